The monoisotopic (exact) mass is 565 g/mol. The van der Waals surface area contributed by atoms with Crippen molar-refractivity contribution in [2.24, 2.45) is 0 Å². The standard InChI is InChI=1S/C25H32BrN3O3S2/c1-2-29-12-11-16-18(22(26)33-20(16)14-29)13-27-25(31)28-23-21(17-9-5-6-10-19(17)34-23)24(30)32-15-7-3-4-8-15/h15H,2-14H2,1H3,(H2,27,28,31). The second-order valence-electron chi connectivity index (χ2n) is 9.41. The second-order valence-corrected chi connectivity index (χ2v) is 12.9. The smallest absolute Gasteiger partial charge is 0.341 e. The maximum atomic E-state index is 13.1. The number of urea groups is 1. The molecular weight excluding hydrogens is 534 g/mol. The van der Waals surface area contributed by atoms with E-state index in [1.807, 2.05) is 0 Å². The average Bonchev–Trinajstić information content (AvgIpc) is 3.54. The first-order valence-corrected chi connectivity index (χ1v) is 14.9. The Balaban J connectivity index is 1.28. The maximum Gasteiger partial charge on any atom is 0.341 e. The molecule has 184 valence electrons. The number of ether oxygens (including phenoxy) is 1. The molecule has 2 aromatic heterocycles. The average molecular weight is 567 g/mol. The number of anilines is 1. The molecule has 2 aliphatic carbocycles. The predicted molar refractivity (Wildman–Crippen MR) is 141 cm³/mol. The van der Waals surface area contributed by atoms with Crippen molar-refractivity contribution in [3.05, 3.63) is 35.8 Å². The molecule has 0 unspecified atom stereocenters. The lowest BCUT2D eigenvalue weighted by molar-refractivity contribution is 0.0318. The lowest BCUT2D eigenvalue weighted by Crippen LogP contribution is -2.31. The zero-order chi connectivity index (χ0) is 23.7. The number of aryl methyl sites for hydroxylation is 1. The number of hydrogen-bond donors (Lipinski definition) is 2. The van der Waals surface area contributed by atoms with Gasteiger partial charge in [-0.05, 0) is 97.0 Å². The summed E-state index contributed by atoms with van der Waals surface area (Å²) < 4.78 is 6.95. The van der Waals surface area contributed by atoms with Gasteiger partial charge in [0.25, 0.3) is 0 Å². The minimum Gasteiger partial charge on any atom is -0.459 e. The normalized spacial score (nSPS) is 18.4. The number of nitrogens with zero attached hydrogens (tertiary/aromatic N) is 1. The molecule has 5 rings (SSSR count). The Kier molecular flexibility index (Phi) is 7.63. The Morgan fingerprint density at radius 2 is 1.85 bits per heavy atom. The van der Waals surface area contributed by atoms with E-state index in [4.69, 9.17) is 4.74 Å². The van der Waals surface area contributed by atoms with Crippen LogP contribution in [0.2, 0.25) is 0 Å². The largest absolute Gasteiger partial charge is 0.459 e. The number of likely N-dealkylation sites (N-methyl/N-ethyl adjacent to an activating group) is 1. The van der Waals surface area contributed by atoms with Crippen molar-refractivity contribution in [3.8, 4) is 0 Å². The Morgan fingerprint density at radius 1 is 1.06 bits per heavy atom. The van der Waals surface area contributed by atoms with E-state index in [2.05, 4.69) is 38.4 Å². The molecule has 6 nitrogen and oxygen atoms in total. The van der Waals surface area contributed by atoms with Gasteiger partial charge in [0, 0.05) is 29.4 Å². The highest BCUT2D eigenvalue weighted by Gasteiger charge is 2.30. The van der Waals surface area contributed by atoms with Crippen molar-refractivity contribution in [1.82, 2.24) is 10.2 Å². The van der Waals surface area contributed by atoms with E-state index in [0.717, 1.165) is 86.8 Å². The third-order valence-corrected chi connectivity index (χ3v) is 10.5. The maximum absolute atomic E-state index is 13.1. The lowest BCUT2D eigenvalue weighted by Gasteiger charge is -2.25. The molecule has 0 bridgehead atoms. The highest BCUT2D eigenvalue weighted by molar-refractivity contribution is 9.11. The van der Waals surface area contributed by atoms with Crippen LogP contribution in [0.5, 0.6) is 0 Å². The molecular formula is C25H32BrN3O3S2. The minimum absolute atomic E-state index is 0.0130. The van der Waals surface area contributed by atoms with E-state index < -0.39 is 0 Å². The second kappa shape index (κ2) is 10.7. The summed E-state index contributed by atoms with van der Waals surface area (Å²) >= 11 is 7.03. The zero-order valence-electron chi connectivity index (χ0n) is 19.6. The number of halogens is 1. The van der Waals surface area contributed by atoms with Gasteiger partial charge in [-0.3, -0.25) is 10.2 Å². The van der Waals surface area contributed by atoms with Crippen molar-refractivity contribution in [3.63, 3.8) is 0 Å². The summed E-state index contributed by atoms with van der Waals surface area (Å²) in [5.74, 6) is -0.267. The number of nitrogens with one attached hydrogen (secondary N) is 2. The fourth-order valence-corrected chi connectivity index (χ4v) is 8.71. The van der Waals surface area contributed by atoms with Gasteiger partial charge in [0.2, 0.25) is 0 Å². The lowest BCUT2D eigenvalue weighted by atomic mass is 9.95. The van der Waals surface area contributed by atoms with Crippen molar-refractivity contribution in [2.75, 3.05) is 18.4 Å². The fraction of sp³-hybridized carbons (Fsp3) is 0.600. The fourth-order valence-electron chi connectivity index (χ4n) is 5.34. The summed E-state index contributed by atoms with van der Waals surface area (Å²) in [6, 6.07) is -0.272. The van der Waals surface area contributed by atoms with E-state index in [1.165, 1.54) is 20.9 Å². The van der Waals surface area contributed by atoms with Crippen LogP contribution in [0.15, 0.2) is 3.79 Å². The molecule has 34 heavy (non-hydrogen) atoms. The Labute approximate surface area is 217 Å². The van der Waals surface area contributed by atoms with Gasteiger partial charge in [0.05, 0.1) is 9.35 Å². The zero-order valence-corrected chi connectivity index (χ0v) is 22.9. The van der Waals surface area contributed by atoms with Crippen LogP contribution in [-0.2, 0) is 37.1 Å². The van der Waals surface area contributed by atoms with Crippen molar-refractivity contribution in [1.29, 1.82) is 0 Å². The van der Waals surface area contributed by atoms with Crippen LogP contribution in [-0.4, -0.2) is 36.1 Å². The van der Waals surface area contributed by atoms with Crippen molar-refractivity contribution >= 4 is 55.6 Å². The summed E-state index contributed by atoms with van der Waals surface area (Å²) in [6.45, 7) is 5.76. The van der Waals surface area contributed by atoms with Gasteiger partial charge in [-0.2, -0.15) is 0 Å². The van der Waals surface area contributed by atoms with Gasteiger partial charge in [-0.15, -0.1) is 22.7 Å². The highest BCUT2D eigenvalue weighted by Crippen LogP contribution is 2.40. The molecule has 0 radical (unpaired) electrons. The first-order valence-electron chi connectivity index (χ1n) is 12.4. The van der Waals surface area contributed by atoms with Crippen LogP contribution in [0.4, 0.5) is 9.80 Å². The van der Waals surface area contributed by atoms with Crippen LogP contribution in [0.1, 0.15) is 82.3 Å². The Bertz CT molecular complexity index is 1070. The SMILES string of the molecule is CCN1CCc2c(sc(Br)c2CNC(=O)Nc2sc3c(c2C(=O)OC2CCCC2)CCCC3)C1. The number of thiophene rings is 2. The number of carbonyl (C=O) groups is 2. The van der Waals surface area contributed by atoms with Gasteiger partial charge in [0.1, 0.15) is 11.1 Å². The number of amides is 2. The quantitative estimate of drug-likeness (QED) is 0.406. The molecule has 0 aromatic carbocycles. The van der Waals surface area contributed by atoms with Crippen LogP contribution >= 0.6 is 38.6 Å². The summed E-state index contributed by atoms with van der Waals surface area (Å²) in [4.78, 5) is 31.1. The summed E-state index contributed by atoms with van der Waals surface area (Å²) in [7, 11) is 0. The number of fused-ring (bicyclic) bond motifs is 2. The highest BCUT2D eigenvalue weighted by atomic mass is 79.9. The summed E-state index contributed by atoms with van der Waals surface area (Å²) in [6.07, 6.45) is 9.20. The van der Waals surface area contributed by atoms with E-state index in [-0.39, 0.29) is 18.1 Å². The van der Waals surface area contributed by atoms with Crippen molar-refractivity contribution in [2.45, 2.75) is 83.9 Å². The molecule has 1 saturated carbocycles. The molecule has 1 aliphatic heterocycles. The number of carbonyl (C=O) groups excluding carboxylic acids is 2. The van der Waals surface area contributed by atoms with Gasteiger partial charge in [-0.1, -0.05) is 6.92 Å². The number of rotatable bonds is 6. The summed E-state index contributed by atoms with van der Waals surface area (Å²) in [5.41, 5.74) is 4.23. The van der Waals surface area contributed by atoms with Crippen LogP contribution in [0, 0.1) is 0 Å². The molecule has 2 aromatic rings. The molecule has 0 saturated heterocycles. The van der Waals surface area contributed by atoms with Crippen molar-refractivity contribution < 1.29 is 14.3 Å². The molecule has 2 N–H and O–H groups in total. The van der Waals surface area contributed by atoms with Gasteiger partial charge in [0.15, 0.2) is 0 Å². The van der Waals surface area contributed by atoms with Crippen LogP contribution in [0.3, 0.4) is 0 Å². The summed E-state index contributed by atoms with van der Waals surface area (Å²) in [5, 5.41) is 6.67. The first kappa shape index (κ1) is 24.3. The Hall–Kier alpha value is -1.42. The molecule has 3 heterocycles. The van der Waals surface area contributed by atoms with Crippen LogP contribution < -0.4 is 10.6 Å². The van der Waals surface area contributed by atoms with E-state index in [9.17, 15) is 9.59 Å². The molecule has 3 aliphatic rings. The predicted octanol–water partition coefficient (Wildman–Crippen LogP) is 6.25. The number of hydrogen-bond acceptors (Lipinski definition) is 6. The van der Waals surface area contributed by atoms with E-state index >= 15 is 0 Å². The molecule has 2 amide bonds. The third kappa shape index (κ3) is 5.08. The molecule has 9 heteroatoms. The molecule has 1 fully saturated rings. The number of esters is 1. The van der Waals surface area contributed by atoms with E-state index in [1.54, 1.807) is 22.7 Å². The molecule has 0 spiro atoms. The van der Waals surface area contributed by atoms with Gasteiger partial charge in [-0.25, -0.2) is 9.59 Å². The van der Waals surface area contributed by atoms with Gasteiger partial charge >= 0.3 is 12.0 Å². The first-order chi connectivity index (χ1) is 16.5. The Morgan fingerprint density at radius 3 is 2.65 bits per heavy atom. The van der Waals surface area contributed by atoms with Gasteiger partial charge < -0.3 is 10.1 Å². The third-order valence-electron chi connectivity index (χ3n) is 7.25. The van der Waals surface area contributed by atoms with E-state index in [0.29, 0.717) is 17.1 Å². The molecule has 0 atom stereocenters. The minimum atomic E-state index is -0.272. The van der Waals surface area contributed by atoms with Crippen LogP contribution in [0.25, 0.3) is 0 Å². The topological polar surface area (TPSA) is 70.7 Å².